The van der Waals surface area contributed by atoms with E-state index in [1.807, 2.05) is 0 Å². The minimum absolute atomic E-state index is 0.281. The van der Waals surface area contributed by atoms with Gasteiger partial charge in [-0.1, -0.05) is 23.7 Å². The average molecular weight is 351 g/mol. The van der Waals surface area contributed by atoms with Gasteiger partial charge in [-0.25, -0.2) is 14.0 Å². The van der Waals surface area contributed by atoms with Crippen molar-refractivity contribution < 1.29 is 18.7 Å². The summed E-state index contributed by atoms with van der Waals surface area (Å²) in [6.45, 7) is 0.367. The second-order valence-corrected chi connectivity index (χ2v) is 5.35. The van der Waals surface area contributed by atoms with Crippen molar-refractivity contribution in [2.24, 2.45) is 0 Å². The number of urea groups is 1. The Labute approximate surface area is 143 Å². The lowest BCUT2D eigenvalue weighted by Crippen LogP contribution is -2.30. The molecule has 0 aliphatic rings. The molecule has 0 aliphatic heterocycles. The van der Waals surface area contributed by atoms with Crippen LogP contribution in [-0.2, 0) is 11.2 Å². The number of amides is 2. The van der Waals surface area contributed by atoms with Crippen LogP contribution < -0.4 is 10.6 Å². The Hall–Kier alpha value is -2.60. The molecule has 2 aromatic carbocycles. The lowest BCUT2D eigenvalue weighted by atomic mass is 10.1. The normalized spacial score (nSPS) is 10.1. The average Bonchev–Trinajstić information content (AvgIpc) is 2.58. The minimum atomic E-state index is -0.522. The Bertz CT molecular complexity index is 735. The number of carbonyl (C=O) groups is 2. The number of carbonyl (C=O) groups excluding carboxylic acids is 2. The second kappa shape index (κ2) is 8.31. The third-order valence-electron chi connectivity index (χ3n) is 3.25. The molecule has 0 aromatic heterocycles. The zero-order chi connectivity index (χ0) is 17.5. The van der Waals surface area contributed by atoms with E-state index in [1.165, 1.54) is 37.4 Å². The van der Waals surface area contributed by atoms with E-state index in [1.54, 1.807) is 12.1 Å². The Morgan fingerprint density at radius 2 is 1.88 bits per heavy atom. The van der Waals surface area contributed by atoms with Crippen LogP contribution in [0.5, 0.6) is 0 Å². The summed E-state index contributed by atoms with van der Waals surface area (Å²) < 4.78 is 17.4. The Morgan fingerprint density at radius 3 is 2.54 bits per heavy atom. The van der Waals surface area contributed by atoms with Crippen molar-refractivity contribution in [2.45, 2.75) is 6.42 Å². The molecule has 0 heterocycles. The number of esters is 1. The molecule has 0 saturated heterocycles. The summed E-state index contributed by atoms with van der Waals surface area (Å²) in [5.74, 6) is -0.823. The molecule has 5 nitrogen and oxygen atoms in total. The molecule has 2 rings (SSSR count). The van der Waals surface area contributed by atoms with Gasteiger partial charge in [-0.15, -0.1) is 0 Å². The molecular formula is C17H16ClFN2O3. The van der Waals surface area contributed by atoms with Crippen LogP contribution in [-0.4, -0.2) is 25.7 Å². The highest BCUT2D eigenvalue weighted by molar-refractivity contribution is 6.33. The number of ether oxygens (including phenoxy) is 1. The summed E-state index contributed by atoms with van der Waals surface area (Å²) >= 11 is 6.00. The van der Waals surface area contributed by atoms with Crippen LogP contribution in [0, 0.1) is 5.82 Å². The van der Waals surface area contributed by atoms with Crippen LogP contribution in [0.3, 0.4) is 0 Å². The second-order valence-electron chi connectivity index (χ2n) is 4.94. The molecule has 0 fully saturated rings. The van der Waals surface area contributed by atoms with Crippen LogP contribution in [0.4, 0.5) is 14.9 Å². The van der Waals surface area contributed by atoms with Crippen LogP contribution in [0.25, 0.3) is 0 Å². The smallest absolute Gasteiger partial charge is 0.337 e. The van der Waals surface area contributed by atoms with Gasteiger partial charge in [0.15, 0.2) is 0 Å². The molecule has 7 heteroatoms. The highest BCUT2D eigenvalue weighted by Gasteiger charge is 2.11. The first kappa shape index (κ1) is 17.7. The van der Waals surface area contributed by atoms with E-state index in [4.69, 9.17) is 11.6 Å². The summed E-state index contributed by atoms with van der Waals surface area (Å²) in [5.41, 5.74) is 1.49. The van der Waals surface area contributed by atoms with Crippen LogP contribution >= 0.6 is 11.6 Å². The van der Waals surface area contributed by atoms with E-state index in [0.717, 1.165) is 5.56 Å². The molecule has 0 radical (unpaired) electrons. The topological polar surface area (TPSA) is 67.4 Å². The van der Waals surface area contributed by atoms with E-state index in [-0.39, 0.29) is 11.4 Å². The van der Waals surface area contributed by atoms with Gasteiger partial charge in [0.25, 0.3) is 0 Å². The zero-order valence-electron chi connectivity index (χ0n) is 12.9. The molecule has 0 unspecified atom stereocenters. The monoisotopic (exact) mass is 350 g/mol. The molecular weight excluding hydrogens is 335 g/mol. The lowest BCUT2D eigenvalue weighted by Gasteiger charge is -2.10. The predicted molar refractivity (Wildman–Crippen MR) is 89.9 cm³/mol. The van der Waals surface area contributed by atoms with Crippen molar-refractivity contribution in [2.75, 3.05) is 19.0 Å². The molecule has 24 heavy (non-hydrogen) atoms. The highest BCUT2D eigenvalue weighted by atomic mass is 35.5. The minimum Gasteiger partial charge on any atom is -0.465 e. The Morgan fingerprint density at radius 1 is 1.17 bits per heavy atom. The van der Waals surface area contributed by atoms with E-state index >= 15 is 0 Å². The molecule has 126 valence electrons. The van der Waals surface area contributed by atoms with E-state index in [2.05, 4.69) is 15.4 Å². The first-order chi connectivity index (χ1) is 11.5. The fourth-order valence-electron chi connectivity index (χ4n) is 2.00. The fraction of sp³-hybridized carbons (Fsp3) is 0.176. The van der Waals surface area contributed by atoms with Crippen molar-refractivity contribution in [3.05, 3.63) is 64.4 Å². The maximum atomic E-state index is 12.8. The van der Waals surface area contributed by atoms with Gasteiger partial charge in [0.1, 0.15) is 5.82 Å². The molecule has 2 aromatic rings. The van der Waals surface area contributed by atoms with Crippen LogP contribution in [0.1, 0.15) is 15.9 Å². The van der Waals surface area contributed by atoms with Gasteiger partial charge in [0.2, 0.25) is 0 Å². The summed E-state index contributed by atoms with van der Waals surface area (Å²) in [7, 11) is 1.27. The third-order valence-corrected chi connectivity index (χ3v) is 3.58. The molecule has 0 atom stereocenters. The van der Waals surface area contributed by atoms with Gasteiger partial charge in [-0.2, -0.15) is 0 Å². The van der Waals surface area contributed by atoms with Gasteiger partial charge >= 0.3 is 12.0 Å². The van der Waals surface area contributed by atoms with Crippen molar-refractivity contribution >= 4 is 29.3 Å². The number of methoxy groups -OCH3 is 1. The van der Waals surface area contributed by atoms with Crippen LogP contribution in [0.15, 0.2) is 42.5 Å². The maximum absolute atomic E-state index is 12.8. The summed E-state index contributed by atoms with van der Waals surface area (Å²) in [5, 5.41) is 5.54. The lowest BCUT2D eigenvalue weighted by molar-refractivity contribution is 0.0600. The summed E-state index contributed by atoms with van der Waals surface area (Å²) in [6, 6.07) is 10.0. The van der Waals surface area contributed by atoms with Gasteiger partial charge < -0.3 is 15.4 Å². The summed E-state index contributed by atoms with van der Waals surface area (Å²) in [4.78, 5) is 23.4. The Kier molecular flexibility index (Phi) is 6.14. The molecule has 2 amide bonds. The first-order valence-corrected chi connectivity index (χ1v) is 7.54. The van der Waals surface area contributed by atoms with Crippen molar-refractivity contribution in [1.29, 1.82) is 0 Å². The van der Waals surface area contributed by atoms with Gasteiger partial charge in [0.05, 0.1) is 23.4 Å². The van der Waals surface area contributed by atoms with E-state index in [0.29, 0.717) is 23.7 Å². The van der Waals surface area contributed by atoms with Gasteiger partial charge in [0, 0.05) is 6.54 Å². The molecule has 0 spiro atoms. The number of anilines is 1. The van der Waals surface area contributed by atoms with Crippen molar-refractivity contribution in [3.63, 3.8) is 0 Å². The number of halogens is 2. The van der Waals surface area contributed by atoms with Gasteiger partial charge in [-0.05, 0) is 42.3 Å². The maximum Gasteiger partial charge on any atom is 0.337 e. The molecule has 0 bridgehead atoms. The zero-order valence-corrected chi connectivity index (χ0v) is 13.7. The number of hydrogen-bond acceptors (Lipinski definition) is 3. The number of nitrogens with one attached hydrogen (secondary N) is 2. The fourth-order valence-corrected chi connectivity index (χ4v) is 2.17. The third kappa shape index (κ3) is 4.96. The molecule has 0 aliphatic carbocycles. The molecule has 0 saturated carbocycles. The number of hydrogen-bond donors (Lipinski definition) is 2. The standard InChI is InChI=1S/C17H16ClFN2O3/c1-24-16(22)12-4-7-14(18)15(10-12)21-17(23)20-9-8-11-2-5-13(19)6-3-11/h2-7,10H,8-9H2,1H3,(H2,20,21,23). The van der Waals surface area contributed by atoms with Crippen LogP contribution in [0.2, 0.25) is 5.02 Å². The van der Waals surface area contributed by atoms with Gasteiger partial charge in [-0.3, -0.25) is 0 Å². The van der Waals surface area contributed by atoms with Crippen molar-refractivity contribution in [1.82, 2.24) is 5.32 Å². The predicted octanol–water partition coefficient (Wildman–Crippen LogP) is 3.63. The largest absolute Gasteiger partial charge is 0.465 e. The first-order valence-electron chi connectivity index (χ1n) is 7.17. The van der Waals surface area contributed by atoms with E-state index in [9.17, 15) is 14.0 Å². The molecule has 2 N–H and O–H groups in total. The van der Waals surface area contributed by atoms with E-state index < -0.39 is 12.0 Å². The Balaban J connectivity index is 1.90. The SMILES string of the molecule is COC(=O)c1ccc(Cl)c(NC(=O)NCCc2ccc(F)cc2)c1. The number of benzene rings is 2. The summed E-state index contributed by atoms with van der Waals surface area (Å²) in [6.07, 6.45) is 0.559. The number of rotatable bonds is 5. The highest BCUT2D eigenvalue weighted by Crippen LogP contribution is 2.23. The van der Waals surface area contributed by atoms with Crippen molar-refractivity contribution in [3.8, 4) is 0 Å². The quantitative estimate of drug-likeness (QED) is 0.809.